The topological polar surface area (TPSA) is 38.3 Å². The van der Waals surface area contributed by atoms with Crippen molar-refractivity contribution in [2.24, 2.45) is 5.92 Å². The van der Waals surface area contributed by atoms with Gasteiger partial charge in [-0.3, -0.25) is 5.32 Å². The van der Waals surface area contributed by atoms with Crippen LogP contribution in [0, 0.1) is 12.8 Å². The summed E-state index contributed by atoms with van der Waals surface area (Å²) in [7, 11) is 0. The van der Waals surface area contributed by atoms with E-state index in [0.717, 1.165) is 11.3 Å². The number of anilines is 1. The molecule has 0 atom stereocenters. The molecular formula is C12H15NO2. The van der Waals surface area contributed by atoms with Gasteiger partial charge in [0, 0.05) is 5.69 Å². The van der Waals surface area contributed by atoms with Crippen molar-refractivity contribution in [1.82, 2.24) is 0 Å². The molecule has 1 amide bonds. The molecule has 0 unspecified atom stereocenters. The molecule has 3 heteroatoms. The SMILES string of the molecule is Cc1cccc(NC(=O)OCC2CC2)c1. The van der Waals surface area contributed by atoms with Gasteiger partial charge in [-0.2, -0.15) is 0 Å². The van der Waals surface area contributed by atoms with Gasteiger partial charge >= 0.3 is 6.09 Å². The minimum absolute atomic E-state index is 0.354. The molecular weight excluding hydrogens is 190 g/mol. The first kappa shape index (κ1) is 10.0. The highest BCUT2D eigenvalue weighted by Crippen LogP contribution is 2.28. The number of carbonyl (C=O) groups excluding carboxylic acids is 1. The molecule has 0 bridgehead atoms. The van der Waals surface area contributed by atoms with Crippen LogP contribution in [-0.4, -0.2) is 12.7 Å². The first-order valence-corrected chi connectivity index (χ1v) is 5.24. The van der Waals surface area contributed by atoms with Crippen molar-refractivity contribution in [3.8, 4) is 0 Å². The number of nitrogens with one attached hydrogen (secondary N) is 1. The lowest BCUT2D eigenvalue weighted by atomic mass is 10.2. The predicted octanol–water partition coefficient (Wildman–Crippen LogP) is 2.95. The molecule has 2 rings (SSSR count). The van der Waals surface area contributed by atoms with E-state index < -0.39 is 0 Å². The van der Waals surface area contributed by atoms with Crippen LogP contribution in [0.4, 0.5) is 10.5 Å². The third kappa shape index (κ3) is 3.27. The minimum atomic E-state index is -0.354. The first-order valence-electron chi connectivity index (χ1n) is 5.24. The molecule has 0 spiro atoms. The Morgan fingerprint density at radius 2 is 2.33 bits per heavy atom. The smallest absolute Gasteiger partial charge is 0.411 e. The van der Waals surface area contributed by atoms with Crippen molar-refractivity contribution < 1.29 is 9.53 Å². The molecule has 1 aromatic rings. The Morgan fingerprint density at radius 3 is 3.00 bits per heavy atom. The molecule has 1 aliphatic rings. The summed E-state index contributed by atoms with van der Waals surface area (Å²) in [6, 6.07) is 7.66. The molecule has 0 saturated heterocycles. The molecule has 1 aliphatic carbocycles. The summed E-state index contributed by atoms with van der Waals surface area (Å²) >= 11 is 0. The van der Waals surface area contributed by atoms with Gasteiger partial charge in [-0.1, -0.05) is 12.1 Å². The maximum absolute atomic E-state index is 11.3. The van der Waals surface area contributed by atoms with Crippen molar-refractivity contribution in [3.05, 3.63) is 29.8 Å². The van der Waals surface area contributed by atoms with Gasteiger partial charge in [-0.15, -0.1) is 0 Å². The molecule has 0 heterocycles. The quantitative estimate of drug-likeness (QED) is 0.823. The van der Waals surface area contributed by atoms with E-state index in [1.807, 2.05) is 31.2 Å². The number of hydrogen-bond acceptors (Lipinski definition) is 2. The van der Waals surface area contributed by atoms with E-state index in [9.17, 15) is 4.79 Å². The number of carbonyl (C=O) groups is 1. The second kappa shape index (κ2) is 4.34. The van der Waals surface area contributed by atoms with E-state index in [0.29, 0.717) is 12.5 Å². The fourth-order valence-electron chi connectivity index (χ4n) is 1.35. The maximum atomic E-state index is 11.3. The molecule has 1 fully saturated rings. The van der Waals surface area contributed by atoms with Gasteiger partial charge in [0.05, 0.1) is 6.61 Å². The Balaban J connectivity index is 1.81. The van der Waals surface area contributed by atoms with Crippen molar-refractivity contribution in [2.45, 2.75) is 19.8 Å². The van der Waals surface area contributed by atoms with E-state index in [4.69, 9.17) is 4.74 Å². The highest BCUT2D eigenvalue weighted by atomic mass is 16.5. The summed E-state index contributed by atoms with van der Waals surface area (Å²) < 4.78 is 5.06. The third-order valence-electron chi connectivity index (χ3n) is 2.41. The van der Waals surface area contributed by atoms with Gasteiger partial charge in [0.15, 0.2) is 0 Å². The van der Waals surface area contributed by atoms with Crippen LogP contribution in [0.5, 0.6) is 0 Å². The Kier molecular flexibility index (Phi) is 2.90. The van der Waals surface area contributed by atoms with Gasteiger partial charge in [0.25, 0.3) is 0 Å². The average Bonchev–Trinajstić information content (AvgIpc) is 2.98. The number of rotatable bonds is 3. The zero-order valence-electron chi connectivity index (χ0n) is 8.82. The van der Waals surface area contributed by atoms with Crippen LogP contribution in [0.15, 0.2) is 24.3 Å². The van der Waals surface area contributed by atoms with Crippen LogP contribution in [0.3, 0.4) is 0 Å². The second-order valence-corrected chi connectivity index (χ2v) is 4.04. The normalized spacial score (nSPS) is 14.7. The number of amides is 1. The van der Waals surface area contributed by atoms with Gasteiger partial charge in [-0.25, -0.2) is 4.79 Å². The van der Waals surface area contributed by atoms with Crippen LogP contribution >= 0.6 is 0 Å². The van der Waals surface area contributed by atoms with E-state index >= 15 is 0 Å². The largest absolute Gasteiger partial charge is 0.449 e. The van der Waals surface area contributed by atoms with Crippen molar-refractivity contribution in [2.75, 3.05) is 11.9 Å². The first-order chi connectivity index (χ1) is 7.24. The molecule has 0 radical (unpaired) electrons. The average molecular weight is 205 g/mol. The number of benzene rings is 1. The summed E-state index contributed by atoms with van der Waals surface area (Å²) in [4.78, 5) is 11.3. The summed E-state index contributed by atoms with van der Waals surface area (Å²) in [5, 5.41) is 2.70. The molecule has 80 valence electrons. The van der Waals surface area contributed by atoms with Crippen LogP contribution in [0.25, 0.3) is 0 Å². The zero-order chi connectivity index (χ0) is 10.7. The van der Waals surface area contributed by atoms with Crippen molar-refractivity contribution in [3.63, 3.8) is 0 Å². The lowest BCUT2D eigenvalue weighted by molar-refractivity contribution is 0.156. The van der Waals surface area contributed by atoms with Crippen LogP contribution in [-0.2, 0) is 4.74 Å². The van der Waals surface area contributed by atoms with E-state index in [1.54, 1.807) is 0 Å². The van der Waals surface area contributed by atoms with Gasteiger partial charge in [-0.05, 0) is 43.4 Å². The van der Waals surface area contributed by atoms with Gasteiger partial charge in [0.1, 0.15) is 0 Å². The molecule has 1 aromatic carbocycles. The van der Waals surface area contributed by atoms with Crippen LogP contribution in [0.1, 0.15) is 18.4 Å². The Bertz CT molecular complexity index is 358. The molecule has 1 N–H and O–H groups in total. The van der Waals surface area contributed by atoms with Crippen LogP contribution < -0.4 is 5.32 Å². The Hall–Kier alpha value is -1.51. The molecule has 0 aromatic heterocycles. The van der Waals surface area contributed by atoms with Gasteiger partial charge in [0.2, 0.25) is 0 Å². The minimum Gasteiger partial charge on any atom is -0.449 e. The fraction of sp³-hybridized carbons (Fsp3) is 0.417. The number of hydrogen-bond donors (Lipinski definition) is 1. The zero-order valence-corrected chi connectivity index (χ0v) is 8.82. The summed E-state index contributed by atoms with van der Waals surface area (Å²) in [6.07, 6.45) is 2.03. The predicted molar refractivity (Wildman–Crippen MR) is 58.9 cm³/mol. The maximum Gasteiger partial charge on any atom is 0.411 e. The second-order valence-electron chi connectivity index (χ2n) is 4.04. The van der Waals surface area contributed by atoms with E-state index in [2.05, 4.69) is 5.32 Å². The number of ether oxygens (including phenoxy) is 1. The summed E-state index contributed by atoms with van der Waals surface area (Å²) in [6.45, 7) is 2.54. The van der Waals surface area contributed by atoms with Crippen molar-refractivity contribution in [1.29, 1.82) is 0 Å². The molecule has 0 aliphatic heterocycles. The fourth-order valence-corrected chi connectivity index (χ4v) is 1.35. The highest BCUT2D eigenvalue weighted by Gasteiger charge is 2.22. The lowest BCUT2D eigenvalue weighted by Crippen LogP contribution is -2.15. The van der Waals surface area contributed by atoms with Crippen molar-refractivity contribution >= 4 is 11.8 Å². The highest BCUT2D eigenvalue weighted by molar-refractivity contribution is 5.84. The van der Waals surface area contributed by atoms with Crippen LogP contribution in [0.2, 0.25) is 0 Å². The summed E-state index contributed by atoms with van der Waals surface area (Å²) in [5.74, 6) is 0.605. The van der Waals surface area contributed by atoms with Gasteiger partial charge < -0.3 is 4.74 Å². The number of aryl methyl sites for hydroxylation is 1. The molecule has 1 saturated carbocycles. The third-order valence-corrected chi connectivity index (χ3v) is 2.41. The molecule has 3 nitrogen and oxygen atoms in total. The Morgan fingerprint density at radius 1 is 1.53 bits per heavy atom. The summed E-state index contributed by atoms with van der Waals surface area (Å²) in [5.41, 5.74) is 1.91. The molecule has 15 heavy (non-hydrogen) atoms. The Labute approximate surface area is 89.4 Å². The monoisotopic (exact) mass is 205 g/mol. The van der Waals surface area contributed by atoms with E-state index in [-0.39, 0.29) is 6.09 Å². The standard InChI is InChI=1S/C12H15NO2/c1-9-3-2-4-11(7-9)13-12(14)15-8-10-5-6-10/h2-4,7,10H,5-6,8H2,1H3,(H,13,14). The lowest BCUT2D eigenvalue weighted by Gasteiger charge is -2.06. The van der Waals surface area contributed by atoms with E-state index in [1.165, 1.54) is 12.8 Å².